The van der Waals surface area contributed by atoms with Gasteiger partial charge in [0.1, 0.15) is 0 Å². The quantitative estimate of drug-likeness (QED) is 0.721. The van der Waals surface area contributed by atoms with Crippen LogP contribution in [0.15, 0.2) is 12.2 Å². The zero-order valence-corrected chi connectivity index (χ0v) is 14.4. The highest BCUT2D eigenvalue weighted by Crippen LogP contribution is 2.70. The third-order valence-electron chi connectivity index (χ3n) is 8.41. The molecule has 2 bridgehead atoms. The van der Waals surface area contributed by atoms with Crippen molar-refractivity contribution >= 4 is 0 Å². The summed E-state index contributed by atoms with van der Waals surface area (Å²) >= 11 is 0. The van der Waals surface area contributed by atoms with Crippen LogP contribution in [0.3, 0.4) is 0 Å². The Kier molecular flexibility index (Phi) is 3.03. The van der Waals surface area contributed by atoms with Gasteiger partial charge < -0.3 is 10.2 Å². The molecule has 0 heterocycles. The van der Waals surface area contributed by atoms with Gasteiger partial charge in [-0.15, -0.1) is 0 Å². The Morgan fingerprint density at radius 1 is 1.09 bits per heavy atom. The van der Waals surface area contributed by atoms with Crippen molar-refractivity contribution in [2.45, 2.75) is 71.3 Å². The van der Waals surface area contributed by atoms with E-state index in [-0.39, 0.29) is 17.9 Å². The zero-order valence-electron chi connectivity index (χ0n) is 14.4. The number of hydrogen-bond donors (Lipinski definition) is 2. The fourth-order valence-corrected chi connectivity index (χ4v) is 7.43. The molecule has 0 amide bonds. The van der Waals surface area contributed by atoms with Gasteiger partial charge in [0.2, 0.25) is 0 Å². The van der Waals surface area contributed by atoms with Gasteiger partial charge in [-0.1, -0.05) is 39.3 Å². The van der Waals surface area contributed by atoms with E-state index in [1.807, 2.05) is 0 Å². The minimum absolute atomic E-state index is 0.0812. The molecule has 0 aromatic rings. The van der Waals surface area contributed by atoms with E-state index in [0.717, 1.165) is 18.8 Å². The first-order valence-electron chi connectivity index (χ1n) is 9.28. The second-order valence-electron chi connectivity index (χ2n) is 9.86. The van der Waals surface area contributed by atoms with Gasteiger partial charge in [-0.25, -0.2) is 0 Å². The first-order valence-corrected chi connectivity index (χ1v) is 9.28. The molecule has 5 aliphatic rings. The summed E-state index contributed by atoms with van der Waals surface area (Å²) in [4.78, 5) is 0. The van der Waals surface area contributed by atoms with Gasteiger partial charge in [0.25, 0.3) is 0 Å². The van der Waals surface area contributed by atoms with Crippen LogP contribution in [-0.2, 0) is 0 Å². The van der Waals surface area contributed by atoms with Crippen LogP contribution in [0.4, 0.5) is 0 Å². The number of rotatable bonds is 1. The lowest BCUT2D eigenvalue weighted by molar-refractivity contribution is -0.199. The van der Waals surface area contributed by atoms with E-state index in [9.17, 15) is 10.2 Å². The summed E-state index contributed by atoms with van der Waals surface area (Å²) in [6.07, 6.45) is 13.1. The van der Waals surface area contributed by atoms with Gasteiger partial charge in [0.15, 0.2) is 0 Å². The minimum atomic E-state index is -0.862. The first-order chi connectivity index (χ1) is 10.3. The summed E-state index contributed by atoms with van der Waals surface area (Å²) in [5, 5.41) is 20.6. The predicted molar refractivity (Wildman–Crippen MR) is 88.3 cm³/mol. The lowest BCUT2D eigenvalue weighted by Gasteiger charge is -2.68. The molecule has 0 saturated heterocycles. The van der Waals surface area contributed by atoms with Crippen LogP contribution in [0, 0.1) is 34.0 Å². The Labute approximate surface area is 135 Å². The smallest absolute Gasteiger partial charge is 0.0947 e. The summed E-state index contributed by atoms with van der Waals surface area (Å²) in [5.74, 6) is 1.67. The molecule has 2 N–H and O–H groups in total. The fraction of sp³-hybridized carbons (Fsp3) is 0.900. The van der Waals surface area contributed by atoms with Crippen LogP contribution >= 0.6 is 0 Å². The summed E-state index contributed by atoms with van der Waals surface area (Å²) in [7, 11) is 0. The van der Waals surface area contributed by atoms with Gasteiger partial charge in [0.05, 0.1) is 12.2 Å². The van der Waals surface area contributed by atoms with Crippen molar-refractivity contribution in [1.82, 2.24) is 0 Å². The number of aliphatic hydroxyl groups excluding tert-OH is 1. The monoisotopic (exact) mass is 304 g/mol. The predicted octanol–water partition coefficient (Wildman–Crippen LogP) is 3.92. The molecule has 124 valence electrons. The highest BCUT2D eigenvalue weighted by molar-refractivity contribution is 5.26. The topological polar surface area (TPSA) is 40.5 Å². The molecular formula is C20H32O2. The third kappa shape index (κ3) is 1.74. The maximum atomic E-state index is 10.9. The summed E-state index contributed by atoms with van der Waals surface area (Å²) in [6, 6.07) is 0. The average Bonchev–Trinajstić information content (AvgIpc) is 2.46. The van der Waals surface area contributed by atoms with Crippen molar-refractivity contribution < 1.29 is 10.2 Å². The molecule has 0 aromatic heterocycles. The highest BCUT2D eigenvalue weighted by atomic mass is 16.3. The Morgan fingerprint density at radius 2 is 1.86 bits per heavy atom. The van der Waals surface area contributed by atoms with Gasteiger partial charge in [-0.2, -0.15) is 0 Å². The molecule has 3 fully saturated rings. The minimum Gasteiger partial charge on any atom is -0.393 e. The molecule has 1 spiro atoms. The summed E-state index contributed by atoms with van der Waals surface area (Å²) < 4.78 is 0. The molecule has 5 rings (SSSR count). The van der Waals surface area contributed by atoms with E-state index in [1.165, 1.54) is 32.1 Å². The second kappa shape index (κ2) is 4.39. The molecule has 6 unspecified atom stereocenters. The van der Waals surface area contributed by atoms with Crippen LogP contribution in [-0.4, -0.2) is 22.4 Å². The summed E-state index contributed by atoms with van der Waals surface area (Å²) in [6.45, 7) is 7.43. The van der Waals surface area contributed by atoms with Crippen LogP contribution in [0.1, 0.15) is 65.7 Å². The zero-order chi connectivity index (χ0) is 15.8. The van der Waals surface area contributed by atoms with Crippen molar-refractivity contribution in [3.05, 3.63) is 12.2 Å². The van der Waals surface area contributed by atoms with Gasteiger partial charge in [-0.05, 0) is 66.6 Å². The Hall–Kier alpha value is -0.340. The molecule has 0 aromatic carbocycles. The molecule has 3 saturated carbocycles. The maximum Gasteiger partial charge on any atom is 0.0947 e. The molecule has 22 heavy (non-hydrogen) atoms. The molecule has 0 aliphatic heterocycles. The maximum absolute atomic E-state index is 10.9. The molecule has 6 atom stereocenters. The van der Waals surface area contributed by atoms with Crippen molar-refractivity contribution in [2.24, 2.45) is 34.0 Å². The highest BCUT2D eigenvalue weighted by Gasteiger charge is 2.65. The molecule has 0 radical (unpaired) electrons. The molecule has 2 heteroatoms. The number of allylic oxidation sites excluding steroid dienone is 1. The largest absolute Gasteiger partial charge is 0.393 e. The Morgan fingerprint density at radius 3 is 2.59 bits per heavy atom. The number of fused-ring (bicyclic) bond motifs is 2. The fourth-order valence-electron chi connectivity index (χ4n) is 7.43. The van der Waals surface area contributed by atoms with Crippen LogP contribution in [0.2, 0.25) is 0 Å². The van der Waals surface area contributed by atoms with Crippen LogP contribution < -0.4 is 0 Å². The van der Waals surface area contributed by atoms with Crippen molar-refractivity contribution in [1.29, 1.82) is 0 Å². The van der Waals surface area contributed by atoms with E-state index in [0.29, 0.717) is 16.7 Å². The van der Waals surface area contributed by atoms with Crippen molar-refractivity contribution in [3.8, 4) is 0 Å². The first kappa shape index (κ1) is 15.2. The lowest BCUT2D eigenvalue weighted by atomic mass is 9.37. The standard InChI is InChI=1S/C20H32O2/c1-17(2)7-4-8-18(3)15(17)6-10-19-9-5-14(11-16(18)19)20(22,12-19)13-21/h5,9,14-16,21-22H,4,6-8,10-13H2,1-3H3. The SMILES string of the molecule is CC1(C)CCCC2(C)C1CCC13C=CC(CC12)C(O)(CO)C3. The normalized spacial score (nSPS) is 55.6. The van der Waals surface area contributed by atoms with Crippen molar-refractivity contribution in [3.63, 3.8) is 0 Å². The lowest BCUT2D eigenvalue weighted by Crippen LogP contribution is -2.63. The van der Waals surface area contributed by atoms with E-state index < -0.39 is 5.60 Å². The van der Waals surface area contributed by atoms with E-state index >= 15 is 0 Å². The Balaban J connectivity index is 1.75. The van der Waals surface area contributed by atoms with Crippen molar-refractivity contribution in [2.75, 3.05) is 6.61 Å². The van der Waals surface area contributed by atoms with E-state index in [4.69, 9.17) is 0 Å². The van der Waals surface area contributed by atoms with E-state index in [2.05, 4.69) is 32.9 Å². The molecule has 2 nitrogen and oxygen atoms in total. The van der Waals surface area contributed by atoms with Gasteiger partial charge >= 0.3 is 0 Å². The number of aliphatic hydroxyl groups is 2. The molecule has 5 aliphatic carbocycles. The Bertz CT molecular complexity index is 510. The average molecular weight is 304 g/mol. The molecular weight excluding hydrogens is 272 g/mol. The van der Waals surface area contributed by atoms with Gasteiger partial charge in [0, 0.05) is 5.92 Å². The van der Waals surface area contributed by atoms with Crippen LogP contribution in [0.25, 0.3) is 0 Å². The van der Waals surface area contributed by atoms with Crippen LogP contribution in [0.5, 0.6) is 0 Å². The third-order valence-corrected chi connectivity index (χ3v) is 8.41. The van der Waals surface area contributed by atoms with Gasteiger partial charge in [-0.3, -0.25) is 0 Å². The summed E-state index contributed by atoms with van der Waals surface area (Å²) in [5.41, 5.74) is 0.158. The number of hydrogen-bond acceptors (Lipinski definition) is 2. The van der Waals surface area contributed by atoms with E-state index in [1.54, 1.807) is 0 Å². The second-order valence-corrected chi connectivity index (χ2v) is 9.86.